The van der Waals surface area contributed by atoms with Gasteiger partial charge in [-0.15, -0.1) is 0 Å². The monoisotopic (exact) mass is 382 g/mol. The molecule has 1 saturated heterocycles. The van der Waals surface area contributed by atoms with Gasteiger partial charge in [-0.3, -0.25) is 4.79 Å². The Kier molecular flexibility index (Phi) is 4.72. The summed E-state index contributed by atoms with van der Waals surface area (Å²) in [5, 5.41) is 3.80. The predicted molar refractivity (Wildman–Crippen MR) is 106 cm³/mol. The van der Waals surface area contributed by atoms with Crippen LogP contribution in [0.5, 0.6) is 0 Å². The van der Waals surface area contributed by atoms with E-state index in [-0.39, 0.29) is 12.1 Å². The number of benzene rings is 1. The number of hydrogen-bond acceptors (Lipinski definition) is 5. The van der Waals surface area contributed by atoms with Crippen molar-refractivity contribution in [3.63, 3.8) is 0 Å². The minimum atomic E-state index is -0.610. The van der Waals surface area contributed by atoms with E-state index in [9.17, 15) is 9.18 Å². The van der Waals surface area contributed by atoms with Crippen LogP contribution in [0.15, 0.2) is 36.8 Å². The fourth-order valence-electron chi connectivity index (χ4n) is 3.75. The third kappa shape index (κ3) is 3.31. The molecule has 0 unspecified atom stereocenters. The zero-order valence-corrected chi connectivity index (χ0v) is 15.7. The number of hydrogen-bond donors (Lipinski definition) is 3. The number of amides is 1. The lowest BCUT2D eigenvalue weighted by Crippen LogP contribution is -2.52. The van der Waals surface area contributed by atoms with Crippen LogP contribution in [-0.2, 0) is 6.42 Å². The second-order valence-electron chi connectivity index (χ2n) is 7.28. The lowest BCUT2D eigenvalue weighted by molar-refractivity contribution is 0.0941. The quantitative estimate of drug-likeness (QED) is 0.627. The summed E-state index contributed by atoms with van der Waals surface area (Å²) in [7, 11) is 0. The fourth-order valence-corrected chi connectivity index (χ4v) is 3.75. The number of rotatable bonds is 5. The lowest BCUT2D eigenvalue weighted by Gasteiger charge is -2.25. The van der Waals surface area contributed by atoms with Gasteiger partial charge < -0.3 is 20.9 Å². The summed E-state index contributed by atoms with van der Waals surface area (Å²) < 4.78 is 13.8. The third-order valence-corrected chi connectivity index (χ3v) is 5.32. The van der Waals surface area contributed by atoms with Crippen LogP contribution in [0.4, 0.5) is 10.2 Å². The van der Waals surface area contributed by atoms with Crippen LogP contribution in [0.1, 0.15) is 29.3 Å². The van der Waals surface area contributed by atoms with Crippen molar-refractivity contribution in [2.24, 2.45) is 5.73 Å². The van der Waals surface area contributed by atoms with Gasteiger partial charge in [0.1, 0.15) is 23.6 Å². The molecule has 3 aromatic rings. The highest BCUT2D eigenvalue weighted by molar-refractivity contribution is 5.94. The zero-order chi connectivity index (χ0) is 19.7. The number of aryl methyl sites for hydroxylation is 1. The van der Waals surface area contributed by atoms with Gasteiger partial charge >= 0.3 is 0 Å². The minimum Gasteiger partial charge on any atom is -0.354 e. The molecule has 1 aliphatic rings. The molecule has 1 fully saturated rings. The third-order valence-electron chi connectivity index (χ3n) is 5.32. The number of nitrogens with one attached hydrogen (secondary N) is 2. The molecule has 0 radical (unpaired) electrons. The van der Waals surface area contributed by atoms with E-state index in [0.717, 1.165) is 35.4 Å². The van der Waals surface area contributed by atoms with E-state index in [4.69, 9.17) is 5.73 Å². The van der Waals surface area contributed by atoms with E-state index in [1.807, 2.05) is 6.20 Å². The molecule has 8 heteroatoms. The van der Waals surface area contributed by atoms with Crippen LogP contribution in [0.3, 0.4) is 0 Å². The van der Waals surface area contributed by atoms with E-state index >= 15 is 0 Å². The molecule has 0 bridgehead atoms. The van der Waals surface area contributed by atoms with E-state index < -0.39 is 17.3 Å². The van der Waals surface area contributed by atoms with Crippen LogP contribution >= 0.6 is 0 Å². The molecule has 4 N–H and O–H groups in total. The van der Waals surface area contributed by atoms with Crippen molar-refractivity contribution in [1.82, 2.24) is 20.3 Å². The standard InChI is InChI=1S/C20H23FN6O/c1-2-13-9-23-17-16(13)18(26-12-25-17)27-8-7-20(22,11-27)10-24-19(28)14-5-3-4-6-15(14)21/h3-6,9,12H,2,7-8,10-11,22H2,1H3,(H,24,28)(H,23,25,26)/t20-/m0/s1. The normalized spacial score (nSPS) is 19.3. The molecule has 1 atom stereocenters. The van der Waals surface area contributed by atoms with Crippen molar-refractivity contribution in [2.45, 2.75) is 25.3 Å². The maximum atomic E-state index is 13.8. The molecule has 28 heavy (non-hydrogen) atoms. The first-order valence-corrected chi connectivity index (χ1v) is 9.38. The number of fused-ring (bicyclic) bond motifs is 1. The van der Waals surface area contributed by atoms with Crippen molar-refractivity contribution >= 4 is 22.8 Å². The summed E-state index contributed by atoms with van der Waals surface area (Å²) in [4.78, 5) is 26.4. The Bertz CT molecular complexity index is 1020. The summed E-state index contributed by atoms with van der Waals surface area (Å²) in [6, 6.07) is 5.92. The summed E-state index contributed by atoms with van der Waals surface area (Å²) in [6.07, 6.45) is 5.08. The maximum absolute atomic E-state index is 13.8. The van der Waals surface area contributed by atoms with Crippen molar-refractivity contribution in [3.05, 3.63) is 53.7 Å². The summed E-state index contributed by atoms with van der Waals surface area (Å²) in [6.45, 7) is 3.63. The first-order chi connectivity index (χ1) is 13.5. The highest BCUT2D eigenvalue weighted by Crippen LogP contribution is 2.31. The van der Waals surface area contributed by atoms with Gasteiger partial charge in [-0.05, 0) is 30.5 Å². The van der Waals surface area contributed by atoms with Gasteiger partial charge in [-0.1, -0.05) is 19.1 Å². The average molecular weight is 382 g/mol. The van der Waals surface area contributed by atoms with Crippen LogP contribution in [0, 0.1) is 5.82 Å². The number of H-pyrrole nitrogens is 1. The van der Waals surface area contributed by atoms with Crippen molar-refractivity contribution in [3.8, 4) is 0 Å². The number of halogens is 1. The molecular formula is C20H23FN6O. The Morgan fingerprint density at radius 3 is 3.00 bits per heavy atom. The number of nitrogens with two attached hydrogens (primary N) is 1. The second-order valence-corrected chi connectivity index (χ2v) is 7.28. The Labute approximate surface area is 162 Å². The van der Waals surface area contributed by atoms with E-state index in [1.54, 1.807) is 18.5 Å². The summed E-state index contributed by atoms with van der Waals surface area (Å²) in [5.41, 5.74) is 7.93. The molecule has 1 amide bonds. The summed E-state index contributed by atoms with van der Waals surface area (Å²) >= 11 is 0. The van der Waals surface area contributed by atoms with Gasteiger partial charge in [-0.2, -0.15) is 0 Å². The smallest absolute Gasteiger partial charge is 0.254 e. The molecule has 0 saturated carbocycles. The number of aromatic amines is 1. The molecule has 4 rings (SSSR count). The number of anilines is 1. The minimum absolute atomic E-state index is 0.0263. The topological polar surface area (TPSA) is 99.9 Å². The van der Waals surface area contributed by atoms with Crippen molar-refractivity contribution in [2.75, 3.05) is 24.5 Å². The van der Waals surface area contributed by atoms with Gasteiger partial charge in [0.2, 0.25) is 0 Å². The molecule has 1 aliphatic heterocycles. The highest BCUT2D eigenvalue weighted by atomic mass is 19.1. The molecule has 146 valence electrons. The Morgan fingerprint density at radius 2 is 2.21 bits per heavy atom. The SMILES string of the molecule is CCc1c[nH]c2ncnc(N3CC[C@](N)(CNC(=O)c4ccccc4F)C3)c12. The molecule has 2 aromatic heterocycles. The molecule has 7 nitrogen and oxygen atoms in total. The second kappa shape index (κ2) is 7.20. The van der Waals surface area contributed by atoms with Gasteiger partial charge in [-0.25, -0.2) is 14.4 Å². The first kappa shape index (κ1) is 18.4. The van der Waals surface area contributed by atoms with Crippen LogP contribution < -0.4 is 16.0 Å². The first-order valence-electron chi connectivity index (χ1n) is 9.38. The average Bonchev–Trinajstić information content (AvgIpc) is 3.30. The Morgan fingerprint density at radius 1 is 1.39 bits per heavy atom. The molecule has 0 spiro atoms. The Balaban J connectivity index is 1.48. The van der Waals surface area contributed by atoms with Crippen LogP contribution in [0.2, 0.25) is 0 Å². The van der Waals surface area contributed by atoms with Crippen molar-refractivity contribution < 1.29 is 9.18 Å². The molecule has 1 aromatic carbocycles. The van der Waals surface area contributed by atoms with Crippen molar-refractivity contribution in [1.29, 1.82) is 0 Å². The number of carbonyl (C=O) groups is 1. The predicted octanol–water partition coefficient (Wildman–Crippen LogP) is 2.00. The maximum Gasteiger partial charge on any atom is 0.254 e. The van der Waals surface area contributed by atoms with Crippen LogP contribution in [-0.4, -0.2) is 46.0 Å². The van der Waals surface area contributed by atoms with Gasteiger partial charge in [0.05, 0.1) is 16.5 Å². The van der Waals surface area contributed by atoms with E-state index in [2.05, 4.69) is 32.1 Å². The van der Waals surface area contributed by atoms with Gasteiger partial charge in [0, 0.05) is 25.8 Å². The van der Waals surface area contributed by atoms with Crippen LogP contribution in [0.25, 0.3) is 11.0 Å². The number of carbonyl (C=O) groups excluding carboxylic acids is 1. The molecule has 3 heterocycles. The zero-order valence-electron chi connectivity index (χ0n) is 15.7. The fraction of sp³-hybridized carbons (Fsp3) is 0.350. The molecule has 0 aliphatic carbocycles. The summed E-state index contributed by atoms with van der Waals surface area (Å²) in [5.74, 6) is -0.136. The largest absolute Gasteiger partial charge is 0.354 e. The number of nitrogens with zero attached hydrogens (tertiary/aromatic N) is 3. The van der Waals surface area contributed by atoms with E-state index in [1.165, 1.54) is 12.1 Å². The van der Waals surface area contributed by atoms with E-state index in [0.29, 0.717) is 13.0 Å². The Hall–Kier alpha value is -3.00. The lowest BCUT2D eigenvalue weighted by atomic mass is 10.00. The van der Waals surface area contributed by atoms with Gasteiger partial charge in [0.15, 0.2) is 0 Å². The van der Waals surface area contributed by atoms with Gasteiger partial charge in [0.25, 0.3) is 5.91 Å². The highest BCUT2D eigenvalue weighted by Gasteiger charge is 2.36. The number of aromatic nitrogens is 3. The molecular weight excluding hydrogens is 359 g/mol.